The van der Waals surface area contributed by atoms with Crippen molar-refractivity contribution in [2.75, 3.05) is 0 Å². The molecule has 0 amide bonds. The Balaban J connectivity index is 2.31. The van der Waals surface area contributed by atoms with Crippen LogP contribution in [0.5, 0.6) is 0 Å². The summed E-state index contributed by atoms with van der Waals surface area (Å²) < 4.78 is 2.77. The molecule has 0 spiro atoms. The number of rotatable bonds is 2. The minimum Gasteiger partial charge on any atom is -0.285 e. The van der Waals surface area contributed by atoms with E-state index in [0.29, 0.717) is 12.1 Å². The number of aromatic nitrogens is 3. The molecule has 0 N–H and O–H groups in total. The van der Waals surface area contributed by atoms with Crippen molar-refractivity contribution >= 4 is 0 Å². The quantitative estimate of drug-likeness (QED) is 0.731. The number of benzene rings is 1. The minimum absolute atomic E-state index is 0.164. The van der Waals surface area contributed by atoms with Gasteiger partial charge in [-0.3, -0.25) is 4.57 Å². The molecule has 1 aromatic carbocycles. The summed E-state index contributed by atoms with van der Waals surface area (Å²) >= 11 is 0. The molecule has 0 fully saturated rings. The van der Waals surface area contributed by atoms with Gasteiger partial charge in [0.15, 0.2) is 0 Å². The second kappa shape index (κ2) is 4.03. The van der Waals surface area contributed by atoms with Gasteiger partial charge in [0.2, 0.25) is 0 Å². The van der Waals surface area contributed by atoms with E-state index in [-0.39, 0.29) is 5.69 Å². The van der Waals surface area contributed by atoms with Gasteiger partial charge in [-0.25, -0.2) is 9.48 Å². The number of nitriles is 1. The smallest absolute Gasteiger partial charge is 0.285 e. The maximum absolute atomic E-state index is 11.5. The van der Waals surface area contributed by atoms with Crippen molar-refractivity contribution < 1.29 is 0 Å². The summed E-state index contributed by atoms with van der Waals surface area (Å²) in [5.41, 5.74) is 1.31. The average Bonchev–Trinajstić information content (AvgIpc) is 2.61. The van der Waals surface area contributed by atoms with E-state index in [2.05, 4.69) is 11.2 Å². The van der Waals surface area contributed by atoms with Gasteiger partial charge in [0.05, 0.1) is 18.2 Å². The van der Waals surface area contributed by atoms with Crippen LogP contribution in [0.2, 0.25) is 0 Å². The third-order valence-electron chi connectivity index (χ3n) is 2.28. The average molecular weight is 214 g/mol. The van der Waals surface area contributed by atoms with Crippen molar-refractivity contribution in [3.8, 4) is 6.07 Å². The number of hydrogen-bond acceptors (Lipinski definition) is 3. The predicted octanol–water partition coefficient (Wildman–Crippen LogP) is 0.502. The Hall–Kier alpha value is -2.35. The van der Waals surface area contributed by atoms with Gasteiger partial charge in [-0.1, -0.05) is 12.1 Å². The normalized spacial score (nSPS) is 10.0. The largest absolute Gasteiger partial charge is 0.345 e. The van der Waals surface area contributed by atoms with Crippen molar-refractivity contribution in [1.82, 2.24) is 14.3 Å². The van der Waals surface area contributed by atoms with Crippen molar-refractivity contribution in [2.45, 2.75) is 6.54 Å². The van der Waals surface area contributed by atoms with Gasteiger partial charge in [-0.15, -0.1) is 0 Å². The van der Waals surface area contributed by atoms with Crippen molar-refractivity contribution in [3.05, 3.63) is 52.2 Å². The van der Waals surface area contributed by atoms with E-state index in [1.165, 1.54) is 15.6 Å². The Morgan fingerprint density at radius 1 is 1.50 bits per heavy atom. The van der Waals surface area contributed by atoms with Crippen LogP contribution >= 0.6 is 0 Å². The fourth-order valence-electron chi connectivity index (χ4n) is 1.44. The zero-order valence-electron chi connectivity index (χ0n) is 8.79. The van der Waals surface area contributed by atoms with Gasteiger partial charge < -0.3 is 0 Å². The maximum Gasteiger partial charge on any atom is 0.345 e. The fourth-order valence-corrected chi connectivity index (χ4v) is 1.44. The van der Waals surface area contributed by atoms with E-state index in [1.54, 1.807) is 25.2 Å². The second-order valence-electron chi connectivity index (χ2n) is 3.49. The summed E-state index contributed by atoms with van der Waals surface area (Å²) in [7, 11) is 1.65. The fraction of sp³-hybridized carbons (Fsp3) is 0.182. The molecule has 80 valence electrons. The summed E-state index contributed by atoms with van der Waals surface area (Å²) in [6.45, 7) is 0.384. The Bertz CT molecular complexity index is 603. The molecule has 2 aromatic rings. The molecule has 16 heavy (non-hydrogen) atoms. The molecule has 0 radical (unpaired) electrons. The predicted molar refractivity (Wildman–Crippen MR) is 57.7 cm³/mol. The molecular weight excluding hydrogens is 204 g/mol. The zero-order valence-corrected chi connectivity index (χ0v) is 8.79. The van der Waals surface area contributed by atoms with Crippen LogP contribution in [0, 0.1) is 11.3 Å². The molecule has 0 atom stereocenters. The molecule has 5 nitrogen and oxygen atoms in total. The zero-order chi connectivity index (χ0) is 11.5. The van der Waals surface area contributed by atoms with Crippen molar-refractivity contribution in [2.24, 2.45) is 7.05 Å². The Labute approximate surface area is 92.2 Å². The molecule has 0 bridgehead atoms. The molecule has 5 heteroatoms. The van der Waals surface area contributed by atoms with E-state index >= 15 is 0 Å². The van der Waals surface area contributed by atoms with Crippen LogP contribution < -0.4 is 5.69 Å². The summed E-state index contributed by atoms with van der Waals surface area (Å²) in [5, 5.41) is 12.7. The van der Waals surface area contributed by atoms with Gasteiger partial charge >= 0.3 is 5.69 Å². The molecule has 0 aliphatic heterocycles. The van der Waals surface area contributed by atoms with Crippen LogP contribution in [0.4, 0.5) is 0 Å². The van der Waals surface area contributed by atoms with E-state index in [9.17, 15) is 4.79 Å². The number of aryl methyl sites for hydroxylation is 1. The van der Waals surface area contributed by atoms with E-state index in [0.717, 1.165) is 5.56 Å². The molecule has 0 saturated carbocycles. The highest BCUT2D eigenvalue weighted by molar-refractivity contribution is 5.32. The monoisotopic (exact) mass is 214 g/mol. The lowest BCUT2D eigenvalue weighted by Crippen LogP contribution is -2.23. The molecular formula is C11H10N4O. The lowest BCUT2D eigenvalue weighted by atomic mass is 10.1. The first-order valence-electron chi connectivity index (χ1n) is 4.78. The Morgan fingerprint density at radius 2 is 2.31 bits per heavy atom. The molecule has 0 aliphatic rings. The van der Waals surface area contributed by atoms with Crippen LogP contribution in [0.3, 0.4) is 0 Å². The minimum atomic E-state index is -0.164. The second-order valence-corrected chi connectivity index (χ2v) is 3.49. The number of nitrogens with zero attached hydrogens (tertiary/aromatic N) is 4. The molecule has 1 heterocycles. The van der Waals surface area contributed by atoms with Gasteiger partial charge in [0.25, 0.3) is 0 Å². The highest BCUT2D eigenvalue weighted by Gasteiger charge is 2.02. The Kier molecular flexibility index (Phi) is 2.56. The van der Waals surface area contributed by atoms with E-state index in [4.69, 9.17) is 5.26 Å². The third kappa shape index (κ3) is 1.86. The number of hydrogen-bond donors (Lipinski definition) is 0. The first-order chi connectivity index (χ1) is 7.70. The van der Waals surface area contributed by atoms with Crippen LogP contribution in [0.15, 0.2) is 35.4 Å². The van der Waals surface area contributed by atoms with E-state index < -0.39 is 0 Å². The first-order valence-corrected chi connectivity index (χ1v) is 4.78. The molecule has 2 rings (SSSR count). The lowest BCUT2D eigenvalue weighted by molar-refractivity contribution is 0.646. The van der Waals surface area contributed by atoms with Crippen molar-refractivity contribution in [3.63, 3.8) is 0 Å². The summed E-state index contributed by atoms with van der Waals surface area (Å²) in [6, 6.07) is 9.19. The topological polar surface area (TPSA) is 63.6 Å². The highest BCUT2D eigenvalue weighted by atomic mass is 16.2. The summed E-state index contributed by atoms with van der Waals surface area (Å²) in [4.78, 5) is 11.5. The highest BCUT2D eigenvalue weighted by Crippen LogP contribution is 2.04. The van der Waals surface area contributed by atoms with E-state index in [1.807, 2.05) is 6.07 Å². The van der Waals surface area contributed by atoms with Crippen LogP contribution in [0.1, 0.15) is 11.1 Å². The van der Waals surface area contributed by atoms with Crippen molar-refractivity contribution in [1.29, 1.82) is 5.26 Å². The van der Waals surface area contributed by atoms with Crippen LogP contribution in [0.25, 0.3) is 0 Å². The van der Waals surface area contributed by atoms with Gasteiger partial charge in [0, 0.05) is 7.05 Å². The van der Waals surface area contributed by atoms with Gasteiger partial charge in [0.1, 0.15) is 6.33 Å². The lowest BCUT2D eigenvalue weighted by Gasteiger charge is -2.00. The molecule has 0 saturated heterocycles. The molecule has 1 aromatic heterocycles. The molecule has 0 unspecified atom stereocenters. The van der Waals surface area contributed by atoms with Gasteiger partial charge in [-0.2, -0.15) is 10.4 Å². The third-order valence-corrected chi connectivity index (χ3v) is 2.28. The first kappa shape index (κ1) is 10.2. The Morgan fingerprint density at radius 3 is 2.94 bits per heavy atom. The van der Waals surface area contributed by atoms with Crippen LogP contribution in [-0.4, -0.2) is 14.3 Å². The standard InChI is InChI=1S/C11H10N4O/c1-14-8-13-15(11(14)16)7-10-4-2-3-9(5-10)6-12/h2-5,8H,7H2,1H3. The van der Waals surface area contributed by atoms with Crippen LogP contribution in [-0.2, 0) is 13.6 Å². The molecule has 0 aliphatic carbocycles. The van der Waals surface area contributed by atoms with Gasteiger partial charge in [-0.05, 0) is 17.7 Å². The summed E-state index contributed by atoms with van der Waals surface area (Å²) in [5.74, 6) is 0. The summed E-state index contributed by atoms with van der Waals surface area (Å²) in [6.07, 6.45) is 1.47. The maximum atomic E-state index is 11.5. The SMILES string of the molecule is Cn1cnn(Cc2cccc(C#N)c2)c1=O.